The molecular weight excluding hydrogens is 258 g/mol. The van der Waals surface area contributed by atoms with E-state index >= 15 is 0 Å². The molecule has 0 amide bonds. The largest absolute Gasteiger partial charge is 0.396 e. The average Bonchev–Trinajstić information content (AvgIpc) is 2.83. The maximum absolute atomic E-state index is 6.12. The van der Waals surface area contributed by atoms with Crippen LogP contribution >= 0.6 is 0 Å². The fraction of sp³-hybridized carbons (Fsp3) is 0.167. The third-order valence-electron chi connectivity index (χ3n) is 3.71. The van der Waals surface area contributed by atoms with Crippen LogP contribution in [0, 0.1) is 13.8 Å². The van der Waals surface area contributed by atoms with Crippen LogP contribution in [0.4, 0.5) is 5.69 Å². The molecule has 0 spiro atoms. The first-order valence-electron chi connectivity index (χ1n) is 7.08. The maximum atomic E-state index is 6.12. The Morgan fingerprint density at radius 1 is 1.00 bits per heavy atom. The zero-order chi connectivity index (χ0) is 14.8. The maximum Gasteiger partial charge on any atom is 0.115 e. The van der Waals surface area contributed by atoms with E-state index in [1.165, 1.54) is 16.7 Å². The summed E-state index contributed by atoms with van der Waals surface area (Å²) in [5.41, 5.74) is 12.5. The number of aryl methyl sites for hydroxylation is 2. The van der Waals surface area contributed by atoms with E-state index in [1.54, 1.807) is 0 Å². The zero-order valence-corrected chi connectivity index (χ0v) is 12.4. The van der Waals surface area contributed by atoms with Crippen molar-refractivity contribution < 1.29 is 0 Å². The lowest BCUT2D eigenvalue weighted by atomic mass is 10.1. The number of benzene rings is 2. The van der Waals surface area contributed by atoms with Gasteiger partial charge in [-0.2, -0.15) is 5.10 Å². The number of hydrogen-bond acceptors (Lipinski definition) is 2. The number of hydrogen-bond donors (Lipinski definition) is 1. The van der Waals surface area contributed by atoms with Crippen molar-refractivity contribution in [2.24, 2.45) is 0 Å². The zero-order valence-electron chi connectivity index (χ0n) is 12.4. The molecule has 1 aromatic heterocycles. The minimum absolute atomic E-state index is 0.715. The van der Waals surface area contributed by atoms with Crippen LogP contribution in [0.5, 0.6) is 0 Å². The summed E-state index contributed by atoms with van der Waals surface area (Å²) in [7, 11) is 0. The van der Waals surface area contributed by atoms with Gasteiger partial charge in [-0.3, -0.25) is 4.68 Å². The average molecular weight is 277 g/mol. The van der Waals surface area contributed by atoms with Crippen LogP contribution in [0.2, 0.25) is 0 Å². The smallest absolute Gasteiger partial charge is 0.115 e. The lowest BCUT2D eigenvalue weighted by Gasteiger charge is -2.05. The van der Waals surface area contributed by atoms with Gasteiger partial charge in [-0.15, -0.1) is 0 Å². The van der Waals surface area contributed by atoms with Crippen LogP contribution < -0.4 is 5.73 Å². The predicted octanol–water partition coefficient (Wildman–Crippen LogP) is 3.80. The molecule has 0 saturated heterocycles. The van der Waals surface area contributed by atoms with Crippen LogP contribution in [0.3, 0.4) is 0 Å². The molecule has 0 aliphatic carbocycles. The Balaban J connectivity index is 1.91. The normalized spacial score (nSPS) is 10.8. The van der Waals surface area contributed by atoms with Crippen molar-refractivity contribution >= 4 is 5.69 Å². The first kappa shape index (κ1) is 13.4. The summed E-state index contributed by atoms with van der Waals surface area (Å²) in [6.07, 6.45) is 1.90. The van der Waals surface area contributed by atoms with Gasteiger partial charge in [0.05, 0.1) is 12.2 Å². The van der Waals surface area contributed by atoms with E-state index in [4.69, 9.17) is 5.73 Å². The second kappa shape index (κ2) is 5.44. The van der Waals surface area contributed by atoms with Gasteiger partial charge in [0.15, 0.2) is 0 Å². The lowest BCUT2D eigenvalue weighted by molar-refractivity contribution is 0.686. The van der Waals surface area contributed by atoms with E-state index in [-0.39, 0.29) is 0 Å². The minimum Gasteiger partial charge on any atom is -0.396 e. The van der Waals surface area contributed by atoms with Gasteiger partial charge in [0.1, 0.15) is 5.69 Å². The second-order valence-corrected chi connectivity index (χ2v) is 5.42. The molecule has 0 bridgehead atoms. The molecule has 0 aliphatic rings. The number of nitrogens with zero attached hydrogens (tertiary/aromatic N) is 2. The minimum atomic E-state index is 0.715. The van der Waals surface area contributed by atoms with Gasteiger partial charge >= 0.3 is 0 Å². The van der Waals surface area contributed by atoms with E-state index in [2.05, 4.69) is 61.4 Å². The fourth-order valence-corrected chi connectivity index (χ4v) is 2.42. The quantitative estimate of drug-likeness (QED) is 0.791. The molecule has 21 heavy (non-hydrogen) atoms. The van der Waals surface area contributed by atoms with Gasteiger partial charge in [-0.05, 0) is 25.0 Å². The highest BCUT2D eigenvalue weighted by Crippen LogP contribution is 2.24. The Morgan fingerprint density at radius 3 is 2.43 bits per heavy atom. The molecule has 0 radical (unpaired) electrons. The van der Waals surface area contributed by atoms with Crippen LogP contribution in [-0.4, -0.2) is 9.78 Å². The second-order valence-electron chi connectivity index (χ2n) is 5.42. The highest BCUT2D eigenvalue weighted by atomic mass is 15.3. The summed E-state index contributed by atoms with van der Waals surface area (Å²) >= 11 is 0. The molecule has 3 rings (SSSR count). The van der Waals surface area contributed by atoms with Crippen molar-refractivity contribution in [2.45, 2.75) is 20.4 Å². The van der Waals surface area contributed by atoms with E-state index in [1.807, 2.05) is 16.9 Å². The molecule has 1 heterocycles. The highest BCUT2D eigenvalue weighted by molar-refractivity contribution is 5.72. The Morgan fingerprint density at radius 2 is 1.71 bits per heavy atom. The van der Waals surface area contributed by atoms with Crippen molar-refractivity contribution in [1.82, 2.24) is 9.78 Å². The number of rotatable bonds is 3. The predicted molar refractivity (Wildman–Crippen MR) is 87.1 cm³/mol. The van der Waals surface area contributed by atoms with Crippen molar-refractivity contribution in [2.75, 3.05) is 5.73 Å². The topological polar surface area (TPSA) is 43.8 Å². The summed E-state index contributed by atoms with van der Waals surface area (Å²) in [5.74, 6) is 0. The van der Waals surface area contributed by atoms with Gasteiger partial charge in [-0.1, -0.05) is 54.1 Å². The van der Waals surface area contributed by atoms with Crippen LogP contribution in [0.15, 0.2) is 54.7 Å². The third-order valence-corrected chi connectivity index (χ3v) is 3.71. The molecule has 106 valence electrons. The van der Waals surface area contributed by atoms with Crippen molar-refractivity contribution in [1.29, 1.82) is 0 Å². The van der Waals surface area contributed by atoms with Crippen LogP contribution in [-0.2, 0) is 6.54 Å². The molecule has 2 N–H and O–H groups in total. The molecule has 3 heteroatoms. The van der Waals surface area contributed by atoms with Crippen molar-refractivity contribution in [3.63, 3.8) is 0 Å². The van der Waals surface area contributed by atoms with Crippen molar-refractivity contribution in [3.8, 4) is 11.3 Å². The Kier molecular flexibility index (Phi) is 3.48. The molecule has 2 aromatic carbocycles. The number of nitrogens with two attached hydrogens (primary N) is 1. The third kappa shape index (κ3) is 2.82. The van der Waals surface area contributed by atoms with Gasteiger partial charge < -0.3 is 5.73 Å². The lowest BCUT2D eigenvalue weighted by Crippen LogP contribution is -2.02. The fourth-order valence-electron chi connectivity index (χ4n) is 2.42. The molecule has 3 nitrogen and oxygen atoms in total. The van der Waals surface area contributed by atoms with Crippen LogP contribution in [0.1, 0.15) is 16.7 Å². The first-order valence-corrected chi connectivity index (χ1v) is 7.08. The standard InChI is InChI=1S/C18H19N3/c1-13-7-9-15(10-8-13)18-17(19)12-21(20-18)11-16-6-4-3-5-14(16)2/h3-10,12H,11,19H2,1-2H3. The van der Waals surface area contributed by atoms with E-state index in [0.29, 0.717) is 5.69 Å². The van der Waals surface area contributed by atoms with E-state index in [0.717, 1.165) is 17.8 Å². The number of anilines is 1. The summed E-state index contributed by atoms with van der Waals surface area (Å²) in [6, 6.07) is 16.6. The van der Waals surface area contributed by atoms with Gasteiger partial charge in [-0.25, -0.2) is 0 Å². The Hall–Kier alpha value is -2.55. The van der Waals surface area contributed by atoms with Crippen molar-refractivity contribution in [3.05, 3.63) is 71.4 Å². The molecule has 0 fully saturated rings. The summed E-state index contributed by atoms with van der Waals surface area (Å²) < 4.78 is 1.91. The molecule has 3 aromatic rings. The summed E-state index contributed by atoms with van der Waals surface area (Å²) in [5, 5.41) is 4.64. The molecule has 0 saturated carbocycles. The van der Waals surface area contributed by atoms with Gasteiger partial charge in [0.2, 0.25) is 0 Å². The highest BCUT2D eigenvalue weighted by Gasteiger charge is 2.09. The molecule has 0 aliphatic heterocycles. The summed E-state index contributed by atoms with van der Waals surface area (Å²) in [4.78, 5) is 0. The number of nitrogen functional groups attached to an aromatic ring is 1. The van der Waals surface area contributed by atoms with E-state index < -0.39 is 0 Å². The monoisotopic (exact) mass is 277 g/mol. The molecular formula is C18H19N3. The Labute approximate surface area is 125 Å². The summed E-state index contributed by atoms with van der Waals surface area (Å²) in [6.45, 7) is 4.93. The molecule has 0 unspecified atom stereocenters. The van der Waals surface area contributed by atoms with Gasteiger partial charge in [0.25, 0.3) is 0 Å². The van der Waals surface area contributed by atoms with Crippen LogP contribution in [0.25, 0.3) is 11.3 Å². The Bertz CT molecular complexity index is 754. The van der Waals surface area contributed by atoms with E-state index in [9.17, 15) is 0 Å². The first-order chi connectivity index (χ1) is 10.1. The number of aromatic nitrogens is 2. The molecule has 0 atom stereocenters. The SMILES string of the molecule is Cc1ccc(-c2nn(Cc3ccccc3C)cc2N)cc1. The van der Waals surface area contributed by atoms with Gasteiger partial charge in [0, 0.05) is 11.8 Å².